The lowest BCUT2D eigenvalue weighted by Gasteiger charge is -2.51. The normalized spacial score (nSPS) is 36.1. The first-order valence-electron chi connectivity index (χ1n) is 33.4. The summed E-state index contributed by atoms with van der Waals surface area (Å²) in [6.07, 6.45) is -51.5. The SMILES string of the molecule is CO[C@H]1O[C@H](COS(=O)(=O)O)[C@@H](O[C@H]2O[C@H](C(=O)O)[C@@H](O[C@H]3O[C@H](COS(=O)(=O)O)[C@@H](O[C@@H]4O[C@H](C(=O)O)[C@@H](O[C@@H]5O[C@H](COS(=O)(=O)O)[C@@H](OC)[C@H](OC)[C@H]5NC(=O)CCCCCNC(=O)CCCCC5SCC6NC(=O)NC65)[C@H](OC)[C@H]4OC)[C@H](OS(=O)(=O)O)[C@H]3OS(=O)(=O)O)[C@H](OC)[C@H]2OC)[C@H](OC)[C@H]1OS(=O)(=O)O. The van der Waals surface area contributed by atoms with E-state index >= 15 is 0 Å². The quantitative estimate of drug-likeness (QED) is 0.0153. The van der Waals surface area contributed by atoms with Crippen LogP contribution in [0.4, 0.5) is 4.79 Å². The molecule has 7 rings (SSSR count). The number of carbonyl (C=O) groups excluding carboxylic acids is 3. The van der Waals surface area contributed by atoms with Gasteiger partial charge in [-0.05, 0) is 25.7 Å². The van der Waals surface area contributed by atoms with Gasteiger partial charge in [-0.3, -0.25) is 36.9 Å². The largest absolute Gasteiger partial charge is 0.479 e. The summed E-state index contributed by atoms with van der Waals surface area (Å²) < 4.78 is 334. The van der Waals surface area contributed by atoms with E-state index in [0.29, 0.717) is 19.3 Å². The molecular formula is C54H90N4O48S7. The Hall–Kier alpha value is -3.96. The monoisotopic (exact) mass is 1790 g/mol. The van der Waals surface area contributed by atoms with Crippen molar-refractivity contribution in [1.29, 1.82) is 0 Å². The number of hydrogen-bond donors (Lipinski definition) is 12. The van der Waals surface area contributed by atoms with E-state index in [-0.39, 0.29) is 55.1 Å². The molecule has 0 saturated carbocycles. The van der Waals surface area contributed by atoms with Crippen molar-refractivity contribution >= 4 is 104 Å². The zero-order chi connectivity index (χ0) is 84.0. The Balaban J connectivity index is 1.17. The molecule has 7 saturated heterocycles. The number of hydrogen-bond acceptors (Lipinski definition) is 41. The summed E-state index contributed by atoms with van der Waals surface area (Å²) in [4.78, 5) is 65.5. The number of urea groups is 1. The number of nitrogens with one attached hydrogen (secondary N) is 4. The molecule has 7 fully saturated rings. The number of unbranched alkanes of at least 4 members (excludes halogenated alkanes) is 3. The lowest BCUT2D eigenvalue weighted by Crippen LogP contribution is -2.70. The Morgan fingerprint density at radius 1 is 0.416 bits per heavy atom. The molecule has 0 aromatic heterocycles. The fourth-order valence-corrected chi connectivity index (χ4v) is 17.5. The van der Waals surface area contributed by atoms with Gasteiger partial charge >= 0.3 is 80.4 Å². The van der Waals surface area contributed by atoms with Crippen LogP contribution < -0.4 is 21.3 Å². The lowest BCUT2D eigenvalue weighted by molar-refractivity contribution is -0.386. The Morgan fingerprint density at radius 3 is 1.26 bits per heavy atom. The van der Waals surface area contributed by atoms with Crippen LogP contribution in [0.5, 0.6) is 0 Å². The smallest absolute Gasteiger partial charge is 0.397 e. The highest BCUT2D eigenvalue weighted by Gasteiger charge is 2.62. The van der Waals surface area contributed by atoms with Crippen LogP contribution in [0.15, 0.2) is 0 Å². The van der Waals surface area contributed by atoms with Crippen LogP contribution >= 0.6 is 11.8 Å². The average Bonchev–Trinajstić information content (AvgIpc) is 1.17. The van der Waals surface area contributed by atoms with Crippen molar-refractivity contribution in [3.05, 3.63) is 0 Å². The molecule has 59 heteroatoms. The molecule has 0 aliphatic carbocycles. The summed E-state index contributed by atoms with van der Waals surface area (Å²) in [6, 6.07) is -1.75. The topological polar surface area (TPSA) is 712 Å². The minimum absolute atomic E-state index is 0.0242. The van der Waals surface area contributed by atoms with Gasteiger partial charge in [-0.1, -0.05) is 12.8 Å². The maximum atomic E-state index is 14.0. The third kappa shape index (κ3) is 27.5. The second kappa shape index (κ2) is 41.8. The maximum Gasteiger partial charge on any atom is 0.397 e. The Labute approximate surface area is 650 Å². The standard InChI is InChI=1S/C54H90N4O48S7/c1-84-31-23(18-92-108(66,67)68)95-49(30(34(31)85-2)57-28(60)16-10-9-13-17-55-27(59)15-12-11-14-26-29-22(21-107-26)56-54(65)58-29)100-38-36(87-4)43(89-6)52(102-41(38)47(61)62)99-33-25(20-94-110(72,73)74)97-53(46(106-113(81,82)83)40(33)104-111(75,76)77)101-39-37(88-5)44(90-7)51(103-42(39)48(63)64)98-32-24(19-93-109(69,70)71)96-50(91-8)45(35(32)86-3)105-112(78,79)80/h22-26,29-46,49-53H,9-21H2,1-8H3,(H,55,59)(H,57,60)(H,61,62)(H,63,64)(H2,56,58,65)(H,66,67,68)(H,69,70,71)(H,72,73,74)(H,75,76,77)(H,78,79,80)(H,81,82,83)/t22?,23-,24-,25-,26?,29?,30-,31-,32-,33-,34-,35+,36+,37+,38+,39+,40+,41+,42+,43-,44-,45-,46-,49+,50+,51+,52-,53-/m1/s1. The van der Waals surface area contributed by atoms with Gasteiger partial charge in [-0.25, -0.2) is 39.5 Å². The number of methoxy groups -OCH3 is 8. The Morgan fingerprint density at radius 2 is 0.805 bits per heavy atom. The lowest BCUT2D eigenvalue weighted by atomic mass is 9.94. The summed E-state index contributed by atoms with van der Waals surface area (Å²) in [5, 5.41) is 33.4. The van der Waals surface area contributed by atoms with E-state index in [0.717, 1.165) is 75.5 Å². The maximum absolute atomic E-state index is 14.0. The van der Waals surface area contributed by atoms with Crippen LogP contribution in [0.2, 0.25) is 0 Å². The molecule has 3 unspecified atom stereocenters. The van der Waals surface area contributed by atoms with Crippen molar-refractivity contribution in [2.75, 3.05) is 89.0 Å². The highest BCUT2D eigenvalue weighted by molar-refractivity contribution is 8.00. The number of rotatable bonds is 45. The van der Waals surface area contributed by atoms with Crippen molar-refractivity contribution in [2.45, 2.75) is 222 Å². The summed E-state index contributed by atoms with van der Waals surface area (Å²) in [6.45, 7) is -3.87. The van der Waals surface area contributed by atoms with Crippen LogP contribution in [-0.4, -0.2) is 378 Å². The number of carbonyl (C=O) groups is 5. The van der Waals surface area contributed by atoms with E-state index in [9.17, 15) is 112 Å². The van der Waals surface area contributed by atoms with E-state index in [1.54, 1.807) is 11.8 Å². The molecule has 0 radical (unpaired) electrons. The summed E-state index contributed by atoms with van der Waals surface area (Å²) in [7, 11) is -26.9. The second-order valence-corrected chi connectivity index (χ2v) is 33.1. The van der Waals surface area contributed by atoms with Gasteiger partial charge in [0.2, 0.25) is 11.8 Å². The van der Waals surface area contributed by atoms with E-state index in [1.165, 1.54) is 0 Å². The molecule has 7 aliphatic heterocycles. The fraction of sp³-hybridized carbons (Fsp3) is 0.907. The van der Waals surface area contributed by atoms with Crippen molar-refractivity contribution in [1.82, 2.24) is 21.3 Å². The molecule has 0 bridgehead atoms. The predicted molar refractivity (Wildman–Crippen MR) is 360 cm³/mol. The molecule has 0 aromatic carbocycles. The summed E-state index contributed by atoms with van der Waals surface area (Å²) in [5.74, 6) is -4.35. The first-order valence-corrected chi connectivity index (χ1v) is 42.7. The van der Waals surface area contributed by atoms with Crippen LogP contribution in [-0.2, 0) is 187 Å². The van der Waals surface area contributed by atoms with Gasteiger partial charge in [-0.15, -0.1) is 0 Å². The van der Waals surface area contributed by atoms with Crippen LogP contribution in [0.25, 0.3) is 0 Å². The summed E-state index contributed by atoms with van der Waals surface area (Å²) >= 11 is 1.75. The van der Waals surface area contributed by atoms with Gasteiger partial charge < -0.3 is 112 Å². The molecule has 52 nitrogen and oxygen atoms in total. The van der Waals surface area contributed by atoms with E-state index < -0.39 is 254 Å². The highest BCUT2D eigenvalue weighted by atomic mass is 32.3. The predicted octanol–water partition coefficient (Wildman–Crippen LogP) is -6.02. The first-order chi connectivity index (χ1) is 52.8. The number of ether oxygens (including phenoxy) is 17. The van der Waals surface area contributed by atoms with Gasteiger partial charge in [0.15, 0.2) is 55.9 Å². The van der Waals surface area contributed by atoms with Gasteiger partial charge in [0.1, 0.15) is 97.6 Å². The number of fused-ring (bicyclic) bond motifs is 1. The van der Waals surface area contributed by atoms with Gasteiger partial charge in [0.05, 0.1) is 31.9 Å². The second-order valence-electron chi connectivity index (χ2n) is 25.4. The number of carboxylic acid groups (broad SMARTS) is 2. The van der Waals surface area contributed by atoms with Crippen molar-refractivity contribution < 1.29 is 218 Å². The molecule has 7 aliphatic rings. The van der Waals surface area contributed by atoms with E-state index in [2.05, 4.69) is 33.8 Å². The molecule has 113 heavy (non-hydrogen) atoms. The molecule has 4 amide bonds. The molecule has 28 atom stereocenters. The van der Waals surface area contributed by atoms with Crippen LogP contribution in [0.1, 0.15) is 51.4 Å². The molecule has 12 N–H and O–H groups in total. The molecular weight excluding hydrogens is 1700 g/mol. The fourth-order valence-electron chi connectivity index (χ4n) is 13.6. The highest BCUT2D eigenvalue weighted by Crippen LogP contribution is 2.42. The molecule has 7 heterocycles. The number of amides is 4. The van der Waals surface area contributed by atoms with Crippen LogP contribution in [0.3, 0.4) is 0 Å². The first kappa shape index (κ1) is 96.2. The van der Waals surface area contributed by atoms with Gasteiger partial charge in [0.25, 0.3) is 0 Å². The van der Waals surface area contributed by atoms with E-state index in [1.807, 2.05) is 0 Å². The van der Waals surface area contributed by atoms with E-state index in [4.69, 9.17) is 93.1 Å². The Kier molecular flexibility index (Phi) is 35.6. The molecule has 656 valence electrons. The minimum atomic E-state index is -6.20. The summed E-state index contributed by atoms with van der Waals surface area (Å²) in [5.41, 5.74) is 0. The zero-order valence-electron chi connectivity index (χ0n) is 60.6. The third-order valence-corrected chi connectivity index (χ3v) is 22.5. The van der Waals surface area contributed by atoms with Crippen LogP contribution in [0, 0.1) is 0 Å². The molecule has 0 aromatic rings. The van der Waals surface area contributed by atoms with Gasteiger partial charge in [-0.2, -0.15) is 62.3 Å². The third-order valence-electron chi connectivity index (χ3n) is 18.3. The minimum Gasteiger partial charge on any atom is -0.479 e. The average molecular weight is 1790 g/mol. The van der Waals surface area contributed by atoms with Crippen molar-refractivity contribution in [2.24, 2.45) is 0 Å². The number of thioether (sulfide) groups is 1. The number of aliphatic carboxylic acids is 2. The zero-order valence-corrected chi connectivity index (χ0v) is 66.3. The molecule has 0 spiro atoms. The van der Waals surface area contributed by atoms with Gasteiger partial charge in [0, 0.05) is 87.3 Å². The van der Waals surface area contributed by atoms with Crippen molar-refractivity contribution in [3.63, 3.8) is 0 Å². The van der Waals surface area contributed by atoms with Crippen molar-refractivity contribution in [3.8, 4) is 0 Å². The Bertz CT molecular complexity index is 3880. The number of carboxylic acids is 2.